The second kappa shape index (κ2) is 5.90. The van der Waals surface area contributed by atoms with Gasteiger partial charge in [0.05, 0.1) is 7.11 Å². The van der Waals surface area contributed by atoms with Gasteiger partial charge < -0.3 is 4.74 Å². The van der Waals surface area contributed by atoms with E-state index in [9.17, 15) is 0 Å². The molecule has 0 aliphatic carbocycles. The zero-order valence-electron chi connectivity index (χ0n) is 13.1. The number of rotatable bonds is 3. The first kappa shape index (κ1) is 14.2. The summed E-state index contributed by atoms with van der Waals surface area (Å²) in [6.45, 7) is 3.24. The van der Waals surface area contributed by atoms with Crippen LogP contribution in [-0.4, -0.2) is 25.6 Å². The number of likely N-dealkylation sites (N-methyl/N-ethyl adjacent to an activating group) is 1. The summed E-state index contributed by atoms with van der Waals surface area (Å²) in [7, 11) is 3.96. The van der Waals surface area contributed by atoms with E-state index in [1.54, 1.807) is 7.11 Å². The maximum Gasteiger partial charge on any atom is 0.119 e. The van der Waals surface area contributed by atoms with Gasteiger partial charge in [-0.25, -0.2) is 0 Å². The van der Waals surface area contributed by atoms with Crippen LogP contribution in [0.5, 0.6) is 5.75 Å². The maximum atomic E-state index is 5.36. The molecule has 1 aliphatic heterocycles. The van der Waals surface area contributed by atoms with E-state index in [0.717, 1.165) is 25.1 Å². The zero-order chi connectivity index (χ0) is 14.8. The molecule has 0 fully saturated rings. The largest absolute Gasteiger partial charge is 0.497 e. The summed E-state index contributed by atoms with van der Waals surface area (Å²) in [5.74, 6) is 0.965. The third-order valence-corrected chi connectivity index (χ3v) is 4.52. The number of hydrogen-bond donors (Lipinski definition) is 0. The van der Waals surface area contributed by atoms with Gasteiger partial charge in [0.25, 0.3) is 0 Å². The van der Waals surface area contributed by atoms with Crippen molar-refractivity contribution in [1.82, 2.24) is 4.90 Å². The Kier molecular flexibility index (Phi) is 3.98. The standard InChI is InChI=1S/C19H23NO/c1-14-4-6-15(7-5-14)12-19-18-9-8-17(21-3)13-16(18)10-11-20(19)2/h4-9,13,19H,10-12H2,1-3H3. The zero-order valence-corrected chi connectivity index (χ0v) is 13.1. The Balaban J connectivity index is 1.89. The van der Waals surface area contributed by atoms with Gasteiger partial charge in [0, 0.05) is 12.6 Å². The molecule has 110 valence electrons. The molecule has 2 heteroatoms. The molecule has 0 saturated carbocycles. The number of fused-ring (bicyclic) bond motifs is 1. The highest BCUT2D eigenvalue weighted by molar-refractivity contribution is 5.40. The van der Waals surface area contributed by atoms with Crippen molar-refractivity contribution < 1.29 is 4.74 Å². The lowest BCUT2D eigenvalue weighted by Crippen LogP contribution is -2.33. The van der Waals surface area contributed by atoms with Crippen LogP contribution in [0.25, 0.3) is 0 Å². The van der Waals surface area contributed by atoms with Gasteiger partial charge >= 0.3 is 0 Å². The Morgan fingerprint density at radius 2 is 1.90 bits per heavy atom. The van der Waals surface area contributed by atoms with Gasteiger partial charge in [-0.1, -0.05) is 35.9 Å². The summed E-state index contributed by atoms with van der Waals surface area (Å²) in [6.07, 6.45) is 2.17. The Morgan fingerprint density at radius 1 is 1.14 bits per heavy atom. The summed E-state index contributed by atoms with van der Waals surface area (Å²) in [5, 5.41) is 0. The van der Waals surface area contributed by atoms with Crippen molar-refractivity contribution >= 4 is 0 Å². The Hall–Kier alpha value is -1.80. The highest BCUT2D eigenvalue weighted by Crippen LogP contribution is 2.33. The van der Waals surface area contributed by atoms with Crippen LogP contribution in [0.1, 0.15) is 28.3 Å². The van der Waals surface area contributed by atoms with Crippen LogP contribution in [0.2, 0.25) is 0 Å². The van der Waals surface area contributed by atoms with Crippen molar-refractivity contribution in [2.24, 2.45) is 0 Å². The summed E-state index contributed by atoms with van der Waals surface area (Å²) in [6, 6.07) is 15.9. The van der Waals surface area contributed by atoms with Crippen LogP contribution in [0.3, 0.4) is 0 Å². The number of nitrogens with zero attached hydrogens (tertiary/aromatic N) is 1. The minimum absolute atomic E-state index is 0.461. The molecule has 0 saturated heterocycles. The second-order valence-electron chi connectivity index (χ2n) is 6.00. The molecule has 0 radical (unpaired) electrons. The van der Waals surface area contributed by atoms with Crippen molar-refractivity contribution in [3.05, 3.63) is 64.7 Å². The fourth-order valence-corrected chi connectivity index (χ4v) is 3.15. The molecule has 1 heterocycles. The summed E-state index contributed by atoms with van der Waals surface area (Å²) in [5.41, 5.74) is 5.61. The normalized spacial score (nSPS) is 18.3. The molecule has 1 atom stereocenters. The van der Waals surface area contributed by atoms with Gasteiger partial charge in [-0.2, -0.15) is 0 Å². The summed E-state index contributed by atoms with van der Waals surface area (Å²) < 4.78 is 5.36. The van der Waals surface area contributed by atoms with E-state index < -0.39 is 0 Å². The van der Waals surface area contributed by atoms with Gasteiger partial charge in [-0.05, 0) is 55.6 Å². The van der Waals surface area contributed by atoms with Crippen LogP contribution in [0.15, 0.2) is 42.5 Å². The average molecular weight is 281 g/mol. The number of benzene rings is 2. The van der Waals surface area contributed by atoms with Crippen molar-refractivity contribution in [3.63, 3.8) is 0 Å². The number of methoxy groups -OCH3 is 1. The van der Waals surface area contributed by atoms with Crippen LogP contribution in [0, 0.1) is 6.92 Å². The Labute approximate surface area is 127 Å². The van der Waals surface area contributed by atoms with Gasteiger partial charge in [0.2, 0.25) is 0 Å². The molecule has 0 aromatic heterocycles. The monoisotopic (exact) mass is 281 g/mol. The molecule has 1 unspecified atom stereocenters. The topological polar surface area (TPSA) is 12.5 Å². The lowest BCUT2D eigenvalue weighted by molar-refractivity contribution is 0.229. The van der Waals surface area contributed by atoms with Gasteiger partial charge in [-0.15, -0.1) is 0 Å². The Morgan fingerprint density at radius 3 is 2.62 bits per heavy atom. The van der Waals surface area contributed by atoms with E-state index >= 15 is 0 Å². The highest BCUT2D eigenvalue weighted by atomic mass is 16.5. The van der Waals surface area contributed by atoms with Crippen molar-refractivity contribution in [2.45, 2.75) is 25.8 Å². The van der Waals surface area contributed by atoms with Gasteiger partial charge in [0.1, 0.15) is 5.75 Å². The van der Waals surface area contributed by atoms with Gasteiger partial charge in [-0.3, -0.25) is 4.90 Å². The van der Waals surface area contributed by atoms with E-state index in [2.05, 4.69) is 61.3 Å². The molecule has 3 rings (SSSR count). The number of aryl methyl sites for hydroxylation is 1. The molecular weight excluding hydrogens is 258 g/mol. The predicted molar refractivity (Wildman–Crippen MR) is 87.0 cm³/mol. The van der Waals surface area contributed by atoms with Crippen LogP contribution in [-0.2, 0) is 12.8 Å². The first-order chi connectivity index (χ1) is 10.2. The average Bonchev–Trinajstić information content (AvgIpc) is 2.51. The second-order valence-corrected chi connectivity index (χ2v) is 6.00. The molecule has 2 aromatic carbocycles. The fraction of sp³-hybridized carbons (Fsp3) is 0.368. The molecular formula is C19H23NO. The Bertz CT molecular complexity index is 618. The quantitative estimate of drug-likeness (QED) is 0.849. The van der Waals surface area contributed by atoms with Crippen molar-refractivity contribution in [3.8, 4) is 5.75 Å². The smallest absolute Gasteiger partial charge is 0.119 e. The van der Waals surface area contributed by atoms with Crippen molar-refractivity contribution in [2.75, 3.05) is 20.7 Å². The third-order valence-electron chi connectivity index (χ3n) is 4.52. The minimum Gasteiger partial charge on any atom is -0.497 e. The molecule has 0 N–H and O–H groups in total. The summed E-state index contributed by atoms with van der Waals surface area (Å²) >= 11 is 0. The molecule has 0 amide bonds. The molecule has 0 spiro atoms. The van der Waals surface area contributed by atoms with E-state index in [1.165, 1.54) is 22.3 Å². The molecule has 2 aromatic rings. The minimum atomic E-state index is 0.461. The number of hydrogen-bond acceptors (Lipinski definition) is 2. The first-order valence-electron chi connectivity index (χ1n) is 7.60. The lowest BCUT2D eigenvalue weighted by Gasteiger charge is -2.35. The van der Waals surface area contributed by atoms with E-state index in [1.807, 2.05) is 0 Å². The maximum absolute atomic E-state index is 5.36. The van der Waals surface area contributed by atoms with E-state index in [4.69, 9.17) is 4.74 Å². The molecule has 21 heavy (non-hydrogen) atoms. The van der Waals surface area contributed by atoms with E-state index in [0.29, 0.717) is 6.04 Å². The van der Waals surface area contributed by atoms with Crippen molar-refractivity contribution in [1.29, 1.82) is 0 Å². The predicted octanol–water partition coefficient (Wildman–Crippen LogP) is 3.78. The van der Waals surface area contributed by atoms with E-state index in [-0.39, 0.29) is 0 Å². The van der Waals surface area contributed by atoms with Crippen LogP contribution < -0.4 is 4.74 Å². The lowest BCUT2D eigenvalue weighted by atomic mass is 9.89. The SMILES string of the molecule is COc1ccc2c(c1)CCN(C)C2Cc1ccc(C)cc1. The summed E-state index contributed by atoms with van der Waals surface area (Å²) in [4.78, 5) is 2.47. The third kappa shape index (κ3) is 2.96. The van der Waals surface area contributed by atoms with Crippen LogP contribution >= 0.6 is 0 Å². The number of ether oxygens (including phenoxy) is 1. The highest BCUT2D eigenvalue weighted by Gasteiger charge is 2.25. The first-order valence-corrected chi connectivity index (χ1v) is 7.60. The molecule has 1 aliphatic rings. The molecule has 2 nitrogen and oxygen atoms in total. The van der Waals surface area contributed by atoms with Gasteiger partial charge in [0.15, 0.2) is 0 Å². The van der Waals surface area contributed by atoms with Crippen LogP contribution in [0.4, 0.5) is 0 Å². The molecule has 0 bridgehead atoms. The fourth-order valence-electron chi connectivity index (χ4n) is 3.15.